The molecule has 0 saturated heterocycles. The summed E-state index contributed by atoms with van der Waals surface area (Å²) in [5, 5.41) is 6.50. The van der Waals surface area contributed by atoms with Crippen LogP contribution in [0.5, 0.6) is 5.75 Å². The summed E-state index contributed by atoms with van der Waals surface area (Å²) < 4.78 is 18.6. The maximum atomic E-state index is 13.1. The number of nitrogens with zero attached hydrogens (tertiary/aromatic N) is 1. The summed E-state index contributed by atoms with van der Waals surface area (Å²) >= 11 is 0. The van der Waals surface area contributed by atoms with E-state index < -0.39 is 11.8 Å². The van der Waals surface area contributed by atoms with Crippen LogP contribution in [0.1, 0.15) is 23.6 Å². The van der Waals surface area contributed by atoms with Crippen LogP contribution < -0.4 is 21.1 Å². The molecule has 160 valence electrons. The van der Waals surface area contributed by atoms with Gasteiger partial charge in [0.05, 0.1) is 19.1 Å². The van der Waals surface area contributed by atoms with Crippen LogP contribution in [0.2, 0.25) is 0 Å². The van der Waals surface area contributed by atoms with Crippen molar-refractivity contribution in [3.05, 3.63) is 65.0 Å². The van der Waals surface area contributed by atoms with Gasteiger partial charge in [0.2, 0.25) is 5.91 Å². The second-order valence-corrected chi connectivity index (χ2v) is 7.37. The Morgan fingerprint density at radius 1 is 1.20 bits per heavy atom. The number of nitrogens with one attached hydrogen (secondary N) is 2. The Kier molecular flexibility index (Phi) is 7.65. The molecule has 3 rings (SSSR count). The van der Waals surface area contributed by atoms with Gasteiger partial charge in [0.1, 0.15) is 11.6 Å². The lowest BCUT2D eigenvalue weighted by molar-refractivity contribution is -0.121. The van der Waals surface area contributed by atoms with E-state index in [1.807, 2.05) is 13.0 Å². The SMILES string of the molecule is CCNC(=NCC(Cc1ccc(F)cc1)C(N)=O)NCCc1ccc2c(c1)CCO2. The van der Waals surface area contributed by atoms with Crippen molar-refractivity contribution in [2.45, 2.75) is 26.2 Å². The van der Waals surface area contributed by atoms with Gasteiger partial charge in [0, 0.05) is 19.5 Å². The highest BCUT2D eigenvalue weighted by Crippen LogP contribution is 2.25. The summed E-state index contributed by atoms with van der Waals surface area (Å²) in [4.78, 5) is 16.4. The highest BCUT2D eigenvalue weighted by atomic mass is 19.1. The molecular formula is C23H29FN4O2. The Hall–Kier alpha value is -3.09. The largest absolute Gasteiger partial charge is 0.493 e. The van der Waals surface area contributed by atoms with E-state index in [0.29, 0.717) is 25.5 Å². The number of fused-ring (bicyclic) bond motifs is 1. The minimum Gasteiger partial charge on any atom is -0.493 e. The first-order chi connectivity index (χ1) is 14.5. The molecule has 0 radical (unpaired) electrons. The minimum atomic E-state index is -0.456. The number of carbonyl (C=O) groups is 1. The summed E-state index contributed by atoms with van der Waals surface area (Å²) in [5.41, 5.74) is 8.92. The van der Waals surface area contributed by atoms with Gasteiger partial charge in [-0.15, -0.1) is 0 Å². The fourth-order valence-corrected chi connectivity index (χ4v) is 3.42. The van der Waals surface area contributed by atoms with E-state index in [1.54, 1.807) is 12.1 Å². The van der Waals surface area contributed by atoms with Gasteiger partial charge in [-0.05, 0) is 54.7 Å². The van der Waals surface area contributed by atoms with E-state index in [9.17, 15) is 9.18 Å². The Balaban J connectivity index is 1.55. The van der Waals surface area contributed by atoms with E-state index in [0.717, 1.165) is 30.8 Å². The Morgan fingerprint density at radius 3 is 2.70 bits per heavy atom. The van der Waals surface area contributed by atoms with Crippen LogP contribution in [-0.4, -0.2) is 38.1 Å². The zero-order chi connectivity index (χ0) is 21.3. The van der Waals surface area contributed by atoms with Crippen LogP contribution in [0, 0.1) is 11.7 Å². The van der Waals surface area contributed by atoms with Crippen LogP contribution in [0.4, 0.5) is 4.39 Å². The smallest absolute Gasteiger partial charge is 0.222 e. The lowest BCUT2D eigenvalue weighted by atomic mass is 9.99. The maximum absolute atomic E-state index is 13.1. The first kappa shape index (κ1) is 21.6. The number of aliphatic imine (C=N–C) groups is 1. The third-order valence-corrected chi connectivity index (χ3v) is 5.07. The number of hydrogen-bond donors (Lipinski definition) is 3. The fourth-order valence-electron chi connectivity index (χ4n) is 3.42. The van der Waals surface area contributed by atoms with Crippen molar-refractivity contribution in [3.63, 3.8) is 0 Å². The molecule has 0 saturated carbocycles. The van der Waals surface area contributed by atoms with E-state index in [1.165, 1.54) is 23.3 Å². The molecule has 2 aromatic carbocycles. The van der Waals surface area contributed by atoms with E-state index in [-0.39, 0.29) is 12.4 Å². The Labute approximate surface area is 176 Å². The number of guanidine groups is 1. The summed E-state index contributed by atoms with van der Waals surface area (Å²) in [7, 11) is 0. The average molecular weight is 413 g/mol. The molecule has 1 aliphatic heterocycles. The topological polar surface area (TPSA) is 88.7 Å². The first-order valence-electron chi connectivity index (χ1n) is 10.4. The molecule has 0 aliphatic carbocycles. The average Bonchev–Trinajstić information content (AvgIpc) is 3.20. The van der Waals surface area contributed by atoms with Gasteiger partial charge in [-0.25, -0.2) is 4.39 Å². The van der Waals surface area contributed by atoms with Gasteiger partial charge in [-0.3, -0.25) is 9.79 Å². The third kappa shape index (κ3) is 6.20. The quantitative estimate of drug-likeness (QED) is 0.435. The molecule has 1 atom stereocenters. The normalized spacial score (nSPS) is 14.0. The predicted molar refractivity (Wildman–Crippen MR) is 116 cm³/mol. The van der Waals surface area contributed by atoms with Gasteiger partial charge >= 0.3 is 0 Å². The molecular weight excluding hydrogens is 383 g/mol. The van der Waals surface area contributed by atoms with Gasteiger partial charge < -0.3 is 21.1 Å². The molecule has 0 aromatic heterocycles. The van der Waals surface area contributed by atoms with Crippen molar-refractivity contribution in [2.75, 3.05) is 26.2 Å². The van der Waals surface area contributed by atoms with Crippen molar-refractivity contribution >= 4 is 11.9 Å². The number of halogens is 1. The van der Waals surface area contributed by atoms with Gasteiger partial charge in [0.25, 0.3) is 0 Å². The molecule has 1 heterocycles. The molecule has 1 amide bonds. The zero-order valence-corrected chi connectivity index (χ0v) is 17.3. The van der Waals surface area contributed by atoms with Crippen molar-refractivity contribution in [1.29, 1.82) is 0 Å². The van der Waals surface area contributed by atoms with Crippen molar-refractivity contribution in [3.8, 4) is 5.75 Å². The van der Waals surface area contributed by atoms with Crippen LogP contribution in [-0.2, 0) is 24.1 Å². The number of benzene rings is 2. The summed E-state index contributed by atoms with van der Waals surface area (Å²) in [6.45, 7) is 4.43. The summed E-state index contributed by atoms with van der Waals surface area (Å²) in [5.74, 6) is 0.455. The molecule has 30 heavy (non-hydrogen) atoms. The van der Waals surface area contributed by atoms with Crippen molar-refractivity contribution in [1.82, 2.24) is 10.6 Å². The van der Waals surface area contributed by atoms with Gasteiger partial charge in [0.15, 0.2) is 5.96 Å². The Bertz CT molecular complexity index is 883. The number of primary amides is 1. The molecule has 4 N–H and O–H groups in total. The molecule has 6 nitrogen and oxygen atoms in total. The second kappa shape index (κ2) is 10.6. The van der Waals surface area contributed by atoms with Crippen LogP contribution in [0.15, 0.2) is 47.5 Å². The lowest BCUT2D eigenvalue weighted by Crippen LogP contribution is -2.39. The molecule has 0 bridgehead atoms. The molecule has 2 aromatic rings. The number of carbonyl (C=O) groups excluding carboxylic acids is 1. The van der Waals surface area contributed by atoms with Crippen molar-refractivity contribution in [2.24, 2.45) is 16.6 Å². The number of hydrogen-bond acceptors (Lipinski definition) is 3. The fraction of sp³-hybridized carbons (Fsp3) is 0.391. The molecule has 0 fully saturated rings. The monoisotopic (exact) mass is 412 g/mol. The zero-order valence-electron chi connectivity index (χ0n) is 17.3. The summed E-state index contributed by atoms with van der Waals surface area (Å²) in [6.07, 6.45) is 2.24. The standard InChI is InChI=1S/C23H29FN4O2/c1-2-26-23(27-11-9-17-5-8-21-18(13-17)10-12-30-21)28-15-19(22(25)29)14-16-3-6-20(24)7-4-16/h3-8,13,19H,2,9-12,14-15H2,1H3,(H2,25,29)(H2,26,27,28). The first-order valence-corrected chi connectivity index (χ1v) is 10.4. The molecule has 0 spiro atoms. The highest BCUT2D eigenvalue weighted by Gasteiger charge is 2.16. The van der Waals surface area contributed by atoms with Gasteiger partial charge in [-0.1, -0.05) is 24.3 Å². The number of rotatable bonds is 9. The number of nitrogens with two attached hydrogens (primary N) is 1. The van der Waals surface area contributed by atoms with Crippen LogP contribution >= 0.6 is 0 Å². The number of amides is 1. The van der Waals surface area contributed by atoms with Crippen LogP contribution in [0.25, 0.3) is 0 Å². The molecule has 1 unspecified atom stereocenters. The van der Waals surface area contributed by atoms with E-state index in [4.69, 9.17) is 10.5 Å². The minimum absolute atomic E-state index is 0.262. The third-order valence-electron chi connectivity index (χ3n) is 5.07. The lowest BCUT2D eigenvalue weighted by Gasteiger charge is -2.15. The van der Waals surface area contributed by atoms with Gasteiger partial charge in [-0.2, -0.15) is 0 Å². The number of ether oxygens (including phenoxy) is 1. The highest BCUT2D eigenvalue weighted by molar-refractivity contribution is 5.81. The second-order valence-electron chi connectivity index (χ2n) is 7.37. The summed E-state index contributed by atoms with van der Waals surface area (Å²) in [6, 6.07) is 12.4. The van der Waals surface area contributed by atoms with E-state index >= 15 is 0 Å². The van der Waals surface area contributed by atoms with Crippen LogP contribution in [0.3, 0.4) is 0 Å². The van der Waals surface area contributed by atoms with Crippen molar-refractivity contribution < 1.29 is 13.9 Å². The molecule has 1 aliphatic rings. The maximum Gasteiger partial charge on any atom is 0.222 e. The van der Waals surface area contributed by atoms with E-state index in [2.05, 4.69) is 27.8 Å². The predicted octanol–water partition coefficient (Wildman–Crippen LogP) is 2.20. The molecule has 7 heteroatoms. The Morgan fingerprint density at radius 2 is 1.97 bits per heavy atom.